The van der Waals surface area contributed by atoms with Gasteiger partial charge in [0.15, 0.2) is 11.5 Å². The first kappa shape index (κ1) is 27.2. The Kier molecular flexibility index (Phi) is 8.37. The maximum Gasteiger partial charge on any atom is 0.343 e. The molecular formula is C31H22ClN3O6. The summed E-state index contributed by atoms with van der Waals surface area (Å²) in [5, 5.41) is 7.18. The molecule has 1 heterocycles. The van der Waals surface area contributed by atoms with Crippen molar-refractivity contribution in [3.63, 3.8) is 0 Å². The summed E-state index contributed by atoms with van der Waals surface area (Å²) in [7, 11) is 0. The highest BCUT2D eigenvalue weighted by atomic mass is 35.5. The molecule has 0 unspecified atom stereocenters. The summed E-state index contributed by atoms with van der Waals surface area (Å²) < 4.78 is 16.1. The average Bonchev–Trinajstić information content (AvgIpc) is 3.46. The molecule has 2 N–H and O–H groups in total. The van der Waals surface area contributed by atoms with E-state index >= 15 is 0 Å². The van der Waals surface area contributed by atoms with E-state index in [0.29, 0.717) is 44.5 Å². The highest BCUT2D eigenvalue weighted by Gasteiger charge is 2.17. The summed E-state index contributed by atoms with van der Waals surface area (Å²) in [6, 6.07) is 26.6. The van der Waals surface area contributed by atoms with E-state index in [9.17, 15) is 14.4 Å². The first-order valence-electron chi connectivity index (χ1n) is 12.3. The van der Waals surface area contributed by atoms with E-state index in [1.165, 1.54) is 12.3 Å². The van der Waals surface area contributed by atoms with Crippen LogP contribution in [0.5, 0.6) is 17.2 Å². The van der Waals surface area contributed by atoms with E-state index in [1.54, 1.807) is 97.1 Å². The predicted octanol–water partition coefficient (Wildman–Crippen LogP) is 5.21. The fourth-order valence-corrected chi connectivity index (χ4v) is 3.84. The molecule has 0 spiro atoms. The first-order valence-corrected chi connectivity index (χ1v) is 12.7. The average molecular weight is 568 g/mol. The zero-order valence-corrected chi connectivity index (χ0v) is 22.1. The monoisotopic (exact) mass is 567 g/mol. The quantitative estimate of drug-likeness (QED) is 0.0993. The van der Waals surface area contributed by atoms with E-state index in [-0.39, 0.29) is 12.5 Å². The van der Waals surface area contributed by atoms with Crippen LogP contribution in [-0.4, -0.2) is 30.8 Å². The van der Waals surface area contributed by atoms with Crippen molar-refractivity contribution >= 4 is 41.7 Å². The van der Waals surface area contributed by atoms with Crippen molar-refractivity contribution in [2.45, 2.75) is 0 Å². The number of nitrogens with zero attached hydrogens (tertiary/aromatic N) is 1. The largest absolute Gasteiger partial charge is 0.454 e. The Labute approximate surface area is 240 Å². The molecule has 0 bridgehead atoms. The molecule has 2 amide bonds. The Bertz CT molecular complexity index is 1640. The second kappa shape index (κ2) is 12.6. The normalized spacial score (nSPS) is 12.2. The SMILES string of the molecule is O=C(NN=Cc1ccc(OC(=O)c2ccc(Cl)cc2)cc1)C(=Cc1ccc2c(c1)OCO2)NC(=O)c1ccccc1. The molecular weight excluding hydrogens is 546 g/mol. The third-order valence-corrected chi connectivity index (χ3v) is 6.04. The Hall–Kier alpha value is -5.41. The van der Waals surface area contributed by atoms with E-state index in [2.05, 4.69) is 15.8 Å². The number of carbonyl (C=O) groups is 3. The standard InChI is InChI=1S/C31H22ClN3O6/c32-24-11-9-23(10-12-24)31(38)41-25-13-6-20(7-14-25)18-33-35-30(37)26(34-29(36)22-4-2-1-3-5-22)16-21-8-15-27-28(17-21)40-19-39-27/h1-18H,19H2,(H,34,36)(H,35,37). The van der Waals surface area contributed by atoms with E-state index < -0.39 is 17.8 Å². The number of hydrogen-bond acceptors (Lipinski definition) is 7. The van der Waals surface area contributed by atoms with Crippen molar-refractivity contribution in [2.75, 3.05) is 6.79 Å². The second-order valence-electron chi connectivity index (χ2n) is 8.66. The van der Waals surface area contributed by atoms with Crippen LogP contribution in [0.3, 0.4) is 0 Å². The van der Waals surface area contributed by atoms with Crippen molar-refractivity contribution in [3.05, 3.63) is 130 Å². The number of hydrazone groups is 1. The lowest BCUT2D eigenvalue weighted by Gasteiger charge is -2.09. The highest BCUT2D eigenvalue weighted by molar-refractivity contribution is 6.30. The van der Waals surface area contributed by atoms with Crippen LogP contribution in [0, 0.1) is 0 Å². The third kappa shape index (κ3) is 7.17. The number of hydrogen-bond donors (Lipinski definition) is 2. The summed E-state index contributed by atoms with van der Waals surface area (Å²) in [5.41, 5.74) is 4.40. The van der Waals surface area contributed by atoms with Crippen LogP contribution in [0.2, 0.25) is 5.02 Å². The summed E-state index contributed by atoms with van der Waals surface area (Å²) >= 11 is 5.85. The molecule has 4 aromatic carbocycles. The van der Waals surface area contributed by atoms with Crippen LogP contribution in [0.25, 0.3) is 6.08 Å². The lowest BCUT2D eigenvalue weighted by molar-refractivity contribution is -0.117. The van der Waals surface area contributed by atoms with Gasteiger partial charge in [0.1, 0.15) is 11.4 Å². The molecule has 0 atom stereocenters. The molecule has 0 radical (unpaired) electrons. The van der Waals surface area contributed by atoms with Gasteiger partial charge in [0.25, 0.3) is 11.8 Å². The molecule has 10 heteroatoms. The lowest BCUT2D eigenvalue weighted by Crippen LogP contribution is -2.32. The van der Waals surface area contributed by atoms with E-state index in [4.69, 9.17) is 25.8 Å². The number of esters is 1. The van der Waals surface area contributed by atoms with Gasteiger partial charge in [0.2, 0.25) is 6.79 Å². The third-order valence-electron chi connectivity index (χ3n) is 5.79. The zero-order valence-electron chi connectivity index (χ0n) is 21.4. The Morgan fingerprint density at radius 2 is 1.51 bits per heavy atom. The molecule has 9 nitrogen and oxygen atoms in total. The molecule has 0 saturated carbocycles. The minimum Gasteiger partial charge on any atom is -0.454 e. The van der Waals surface area contributed by atoms with Crippen LogP contribution >= 0.6 is 11.6 Å². The first-order chi connectivity index (χ1) is 19.9. The number of ether oxygens (including phenoxy) is 3. The van der Waals surface area contributed by atoms with E-state index in [1.807, 2.05) is 0 Å². The summed E-state index contributed by atoms with van der Waals surface area (Å²) in [5.74, 6) is -0.152. The van der Waals surface area contributed by atoms with Gasteiger partial charge in [-0.25, -0.2) is 10.2 Å². The predicted molar refractivity (Wildman–Crippen MR) is 153 cm³/mol. The van der Waals surface area contributed by atoms with Crippen molar-refractivity contribution < 1.29 is 28.6 Å². The minimum absolute atomic E-state index is 0.0284. The van der Waals surface area contributed by atoms with E-state index in [0.717, 1.165) is 0 Å². The molecule has 0 fully saturated rings. The molecule has 0 aliphatic carbocycles. The zero-order chi connectivity index (χ0) is 28.6. The van der Waals surface area contributed by atoms with Crippen LogP contribution in [-0.2, 0) is 4.79 Å². The van der Waals surface area contributed by atoms with Gasteiger partial charge < -0.3 is 19.5 Å². The van der Waals surface area contributed by atoms with Gasteiger partial charge in [-0.05, 0) is 90.0 Å². The smallest absolute Gasteiger partial charge is 0.343 e. The number of amides is 2. The van der Waals surface area contributed by atoms with Gasteiger partial charge in [-0.15, -0.1) is 0 Å². The topological polar surface area (TPSA) is 115 Å². The molecule has 1 aliphatic heterocycles. The van der Waals surface area contributed by atoms with Gasteiger partial charge in [0, 0.05) is 10.6 Å². The van der Waals surface area contributed by atoms with Gasteiger partial charge in [0.05, 0.1) is 11.8 Å². The lowest BCUT2D eigenvalue weighted by atomic mass is 10.1. The van der Waals surface area contributed by atoms with Gasteiger partial charge >= 0.3 is 5.97 Å². The summed E-state index contributed by atoms with van der Waals surface area (Å²) in [6.45, 7) is 0.112. The fraction of sp³-hybridized carbons (Fsp3) is 0.0323. The van der Waals surface area contributed by atoms with Crippen molar-refractivity contribution in [1.82, 2.24) is 10.7 Å². The number of benzene rings is 4. The Morgan fingerprint density at radius 3 is 2.27 bits per heavy atom. The summed E-state index contributed by atoms with van der Waals surface area (Å²) in [6.07, 6.45) is 2.93. The number of fused-ring (bicyclic) bond motifs is 1. The van der Waals surface area contributed by atoms with Crippen LogP contribution in [0.15, 0.2) is 108 Å². The summed E-state index contributed by atoms with van der Waals surface area (Å²) in [4.78, 5) is 38.1. The van der Waals surface area contributed by atoms with Crippen molar-refractivity contribution in [2.24, 2.45) is 5.10 Å². The molecule has 1 aliphatic rings. The Morgan fingerprint density at radius 1 is 0.805 bits per heavy atom. The van der Waals surface area contributed by atoms with Crippen LogP contribution < -0.4 is 25.0 Å². The van der Waals surface area contributed by atoms with Gasteiger partial charge in [-0.1, -0.05) is 35.9 Å². The van der Waals surface area contributed by atoms with Crippen LogP contribution in [0.4, 0.5) is 0 Å². The highest BCUT2D eigenvalue weighted by Crippen LogP contribution is 2.33. The maximum absolute atomic E-state index is 13.0. The molecule has 5 rings (SSSR count). The van der Waals surface area contributed by atoms with Gasteiger partial charge in [-0.3, -0.25) is 9.59 Å². The molecule has 41 heavy (non-hydrogen) atoms. The minimum atomic E-state index is -0.642. The van der Waals surface area contributed by atoms with Crippen molar-refractivity contribution in [3.8, 4) is 17.2 Å². The number of nitrogens with one attached hydrogen (secondary N) is 2. The van der Waals surface area contributed by atoms with Crippen LogP contribution in [0.1, 0.15) is 31.8 Å². The Balaban J connectivity index is 1.26. The number of rotatable bonds is 8. The molecule has 4 aromatic rings. The maximum atomic E-state index is 13.0. The molecule has 0 saturated heterocycles. The number of halogens is 1. The second-order valence-corrected chi connectivity index (χ2v) is 9.09. The van der Waals surface area contributed by atoms with Crippen molar-refractivity contribution in [1.29, 1.82) is 0 Å². The molecule has 0 aromatic heterocycles. The fourth-order valence-electron chi connectivity index (χ4n) is 3.71. The molecule has 204 valence electrons. The number of carbonyl (C=O) groups excluding carboxylic acids is 3. The van der Waals surface area contributed by atoms with Gasteiger partial charge in [-0.2, -0.15) is 5.10 Å².